The second-order valence-corrected chi connectivity index (χ2v) is 10.7. The summed E-state index contributed by atoms with van der Waals surface area (Å²) in [4.78, 5) is 24.0. The van der Waals surface area contributed by atoms with Crippen LogP contribution in [0, 0.1) is 0 Å². The summed E-state index contributed by atoms with van der Waals surface area (Å²) < 4.78 is 10.1. The van der Waals surface area contributed by atoms with Gasteiger partial charge in [-0.25, -0.2) is 14.6 Å². The van der Waals surface area contributed by atoms with E-state index in [1.807, 2.05) is 47.5 Å². The minimum atomic E-state index is 0.00570. The Kier molecular flexibility index (Phi) is 6.36. The van der Waals surface area contributed by atoms with Gasteiger partial charge in [0.25, 0.3) is 0 Å². The molecule has 5 heterocycles. The maximum atomic E-state index is 12.1. The summed E-state index contributed by atoms with van der Waals surface area (Å²) in [6.45, 7) is 7.04. The van der Waals surface area contributed by atoms with Crippen LogP contribution in [0.5, 0.6) is 5.75 Å². The van der Waals surface area contributed by atoms with Crippen molar-refractivity contribution in [1.82, 2.24) is 34.5 Å². The van der Waals surface area contributed by atoms with E-state index in [1.54, 1.807) is 10.9 Å². The number of fused-ring (bicyclic) bond motifs is 2. The number of likely N-dealkylation sites (tertiary alicyclic amines) is 1. The van der Waals surface area contributed by atoms with Crippen LogP contribution >= 0.6 is 0 Å². The molecule has 1 amide bonds. The number of aromatic nitrogens is 5. The number of piperidine rings is 1. The Hall–Kier alpha value is -4.76. The maximum absolute atomic E-state index is 12.1. The van der Waals surface area contributed by atoms with E-state index in [9.17, 15) is 4.79 Å². The molecule has 1 fully saturated rings. The standard InChI is InChI=1S/C32H31N7O2/c1-3-30(40)37-17-14-23(18-21(37)2)34-27-20-41-28-19-24(10-11-25(27)28)39-31(22-8-5-4-6-9-22)35-26-12-13-29(36-32(26)39)38-16-7-15-33-38/h3-13,15-16,19,21,23,27,34H,1,14,17-18,20H2,2H3/t21-,23?,27+/m1/s1. The Labute approximate surface area is 238 Å². The minimum absolute atomic E-state index is 0.00570. The smallest absolute Gasteiger partial charge is 0.246 e. The fourth-order valence-corrected chi connectivity index (χ4v) is 6.03. The third kappa shape index (κ3) is 4.58. The van der Waals surface area contributed by atoms with Crippen LogP contribution in [0.2, 0.25) is 0 Å². The lowest BCUT2D eigenvalue weighted by Gasteiger charge is -2.38. The summed E-state index contributed by atoms with van der Waals surface area (Å²) in [5.74, 6) is 2.40. The molecule has 7 rings (SSSR count). The Morgan fingerprint density at radius 2 is 1.98 bits per heavy atom. The van der Waals surface area contributed by atoms with Gasteiger partial charge in [0.1, 0.15) is 23.7 Å². The van der Waals surface area contributed by atoms with Crippen LogP contribution in [-0.4, -0.2) is 60.4 Å². The predicted molar refractivity (Wildman–Crippen MR) is 157 cm³/mol. The zero-order chi connectivity index (χ0) is 27.9. The predicted octanol–water partition coefficient (Wildman–Crippen LogP) is 4.86. The average Bonchev–Trinajstić information content (AvgIpc) is 3.76. The molecule has 1 N–H and O–H groups in total. The number of amides is 1. The molecule has 0 bridgehead atoms. The zero-order valence-corrected chi connectivity index (χ0v) is 22.9. The van der Waals surface area contributed by atoms with Crippen LogP contribution in [0.25, 0.3) is 34.1 Å². The molecule has 3 atom stereocenters. The van der Waals surface area contributed by atoms with Gasteiger partial charge in [-0.05, 0) is 50.1 Å². The second-order valence-electron chi connectivity index (χ2n) is 10.7. The van der Waals surface area contributed by atoms with Gasteiger partial charge in [-0.3, -0.25) is 9.36 Å². The van der Waals surface area contributed by atoms with Crippen molar-refractivity contribution in [2.24, 2.45) is 0 Å². The van der Waals surface area contributed by atoms with Gasteiger partial charge in [-0.2, -0.15) is 5.10 Å². The molecule has 1 saturated heterocycles. The van der Waals surface area contributed by atoms with E-state index < -0.39 is 0 Å². The number of pyridine rings is 1. The summed E-state index contributed by atoms with van der Waals surface area (Å²) in [5, 5.41) is 8.16. The monoisotopic (exact) mass is 545 g/mol. The fourth-order valence-electron chi connectivity index (χ4n) is 6.03. The summed E-state index contributed by atoms with van der Waals surface area (Å²) in [5.41, 5.74) is 4.63. The van der Waals surface area contributed by atoms with Crippen LogP contribution in [0.15, 0.2) is 91.8 Å². The van der Waals surface area contributed by atoms with Crippen LogP contribution in [0.3, 0.4) is 0 Å². The van der Waals surface area contributed by atoms with Crippen molar-refractivity contribution in [2.45, 2.75) is 37.9 Å². The molecule has 2 aromatic carbocycles. The van der Waals surface area contributed by atoms with Gasteiger partial charge < -0.3 is 15.0 Å². The lowest BCUT2D eigenvalue weighted by Crippen LogP contribution is -2.50. The van der Waals surface area contributed by atoms with Crippen molar-refractivity contribution in [3.63, 3.8) is 0 Å². The molecule has 2 aliphatic heterocycles. The highest BCUT2D eigenvalue weighted by molar-refractivity contribution is 5.87. The summed E-state index contributed by atoms with van der Waals surface area (Å²) in [6.07, 6.45) is 6.83. The Morgan fingerprint density at radius 1 is 1.10 bits per heavy atom. The maximum Gasteiger partial charge on any atom is 0.246 e. The highest BCUT2D eigenvalue weighted by Crippen LogP contribution is 2.37. The van der Waals surface area contributed by atoms with Crippen molar-refractivity contribution in [3.05, 3.63) is 97.3 Å². The number of imidazole rings is 1. The number of carbonyl (C=O) groups is 1. The zero-order valence-electron chi connectivity index (χ0n) is 22.9. The number of rotatable bonds is 6. The van der Waals surface area contributed by atoms with E-state index in [0.29, 0.717) is 12.6 Å². The Bertz CT molecular complexity index is 1730. The van der Waals surface area contributed by atoms with E-state index in [4.69, 9.17) is 14.7 Å². The first-order valence-corrected chi connectivity index (χ1v) is 14.0. The molecular weight excluding hydrogens is 514 g/mol. The van der Waals surface area contributed by atoms with Crippen LogP contribution in [-0.2, 0) is 4.79 Å². The summed E-state index contributed by atoms with van der Waals surface area (Å²) >= 11 is 0. The van der Waals surface area contributed by atoms with Gasteiger partial charge in [0, 0.05) is 48.2 Å². The first-order chi connectivity index (χ1) is 20.1. The Balaban J connectivity index is 1.22. The molecule has 0 radical (unpaired) electrons. The second kappa shape index (κ2) is 10.3. The quantitative estimate of drug-likeness (QED) is 0.307. The van der Waals surface area contributed by atoms with E-state index in [1.165, 1.54) is 6.08 Å². The highest BCUT2D eigenvalue weighted by atomic mass is 16.5. The van der Waals surface area contributed by atoms with Crippen LogP contribution < -0.4 is 10.1 Å². The largest absolute Gasteiger partial charge is 0.491 e. The summed E-state index contributed by atoms with van der Waals surface area (Å²) in [6, 6.07) is 22.9. The number of nitrogens with zero attached hydrogens (tertiary/aromatic N) is 6. The molecule has 1 unspecified atom stereocenters. The van der Waals surface area contributed by atoms with Gasteiger partial charge >= 0.3 is 0 Å². The lowest BCUT2D eigenvalue weighted by atomic mass is 9.96. The van der Waals surface area contributed by atoms with Crippen molar-refractivity contribution < 1.29 is 9.53 Å². The molecule has 2 aliphatic rings. The number of benzene rings is 2. The number of nitrogens with one attached hydrogen (secondary N) is 1. The molecule has 9 nitrogen and oxygen atoms in total. The molecule has 0 aliphatic carbocycles. The number of ether oxygens (including phenoxy) is 1. The average molecular weight is 546 g/mol. The van der Waals surface area contributed by atoms with Crippen LogP contribution in [0.1, 0.15) is 31.4 Å². The molecule has 206 valence electrons. The molecule has 41 heavy (non-hydrogen) atoms. The first-order valence-electron chi connectivity index (χ1n) is 14.0. The molecule has 9 heteroatoms. The summed E-state index contributed by atoms with van der Waals surface area (Å²) in [7, 11) is 0. The number of hydrogen-bond acceptors (Lipinski definition) is 6. The van der Waals surface area contributed by atoms with E-state index in [2.05, 4.69) is 58.8 Å². The molecule has 5 aromatic rings. The van der Waals surface area contributed by atoms with Gasteiger partial charge in [0.2, 0.25) is 5.91 Å². The third-order valence-electron chi connectivity index (χ3n) is 8.07. The van der Waals surface area contributed by atoms with Crippen molar-refractivity contribution in [2.75, 3.05) is 13.2 Å². The minimum Gasteiger partial charge on any atom is -0.491 e. The SMILES string of the molecule is C=CC(=O)N1CCC(N[C@H]2COc3cc(-n4c(-c5ccccc5)nc5ccc(-n6cccn6)nc54)ccc32)C[C@H]1C. The normalized spacial score (nSPS) is 20.1. The highest BCUT2D eigenvalue weighted by Gasteiger charge is 2.32. The lowest BCUT2D eigenvalue weighted by molar-refractivity contribution is -0.129. The van der Waals surface area contributed by atoms with Crippen molar-refractivity contribution in [1.29, 1.82) is 0 Å². The van der Waals surface area contributed by atoms with Gasteiger partial charge in [0.15, 0.2) is 11.5 Å². The van der Waals surface area contributed by atoms with Crippen LogP contribution in [0.4, 0.5) is 0 Å². The number of carbonyl (C=O) groups excluding carboxylic acids is 1. The third-order valence-corrected chi connectivity index (χ3v) is 8.07. The Morgan fingerprint density at radius 3 is 2.76 bits per heavy atom. The fraction of sp³-hybridized carbons (Fsp3) is 0.250. The molecular formula is C32H31N7O2. The molecule has 0 saturated carbocycles. The van der Waals surface area contributed by atoms with E-state index >= 15 is 0 Å². The van der Waals surface area contributed by atoms with Crippen molar-refractivity contribution in [3.8, 4) is 28.6 Å². The molecule has 0 spiro atoms. The van der Waals surface area contributed by atoms with E-state index in [0.717, 1.165) is 64.8 Å². The van der Waals surface area contributed by atoms with E-state index in [-0.39, 0.29) is 18.0 Å². The van der Waals surface area contributed by atoms with Crippen molar-refractivity contribution >= 4 is 17.1 Å². The van der Waals surface area contributed by atoms with Gasteiger partial charge in [-0.1, -0.05) is 43.0 Å². The van der Waals surface area contributed by atoms with Gasteiger partial charge in [0.05, 0.1) is 11.7 Å². The topological polar surface area (TPSA) is 90.1 Å². The molecule has 3 aromatic heterocycles. The number of hydrogen-bond donors (Lipinski definition) is 1. The van der Waals surface area contributed by atoms with Gasteiger partial charge in [-0.15, -0.1) is 0 Å². The first kappa shape index (κ1) is 25.2.